The van der Waals surface area contributed by atoms with E-state index in [0.29, 0.717) is 23.2 Å². The molecule has 2 rings (SSSR count). The van der Waals surface area contributed by atoms with Crippen molar-refractivity contribution < 1.29 is 14.4 Å². The van der Waals surface area contributed by atoms with E-state index in [9.17, 15) is 10.1 Å². The van der Waals surface area contributed by atoms with E-state index in [2.05, 4.69) is 15.3 Å². The molecule has 27 heavy (non-hydrogen) atoms. The second-order valence-corrected chi connectivity index (χ2v) is 6.71. The van der Waals surface area contributed by atoms with Gasteiger partial charge in [-0.05, 0) is 18.7 Å². The lowest BCUT2D eigenvalue weighted by atomic mass is 10.2. The molecule has 0 fully saturated rings. The van der Waals surface area contributed by atoms with E-state index in [-0.39, 0.29) is 23.1 Å². The number of ether oxygens (including phenoxy) is 2. The Balaban J connectivity index is 2.48. The van der Waals surface area contributed by atoms with Crippen LogP contribution in [0.1, 0.15) is 44.5 Å². The van der Waals surface area contributed by atoms with Gasteiger partial charge in [-0.3, -0.25) is 10.1 Å². The molecule has 0 aliphatic carbocycles. The molecule has 0 unspecified atom stereocenters. The maximum atomic E-state index is 11.5. The van der Waals surface area contributed by atoms with Crippen LogP contribution in [0.5, 0.6) is 11.5 Å². The highest BCUT2D eigenvalue weighted by atomic mass is 32.2. The Kier molecular flexibility index (Phi) is 7.17. The van der Waals surface area contributed by atoms with Gasteiger partial charge < -0.3 is 9.47 Å². The molecule has 10 heteroatoms. The van der Waals surface area contributed by atoms with Crippen molar-refractivity contribution in [3.05, 3.63) is 33.6 Å². The predicted molar refractivity (Wildman–Crippen MR) is 104 cm³/mol. The van der Waals surface area contributed by atoms with Gasteiger partial charge in [0, 0.05) is 17.5 Å². The molecule has 0 N–H and O–H groups in total. The highest BCUT2D eigenvalue weighted by Gasteiger charge is 2.22. The summed E-state index contributed by atoms with van der Waals surface area (Å²) in [5.74, 6) is 1.25. The van der Waals surface area contributed by atoms with E-state index in [4.69, 9.17) is 9.47 Å². The first-order valence-corrected chi connectivity index (χ1v) is 9.68. The molecule has 1 aromatic heterocycles. The fourth-order valence-corrected chi connectivity index (χ4v) is 2.75. The van der Waals surface area contributed by atoms with Crippen molar-refractivity contribution in [3.63, 3.8) is 0 Å². The molecular weight excluding hydrogens is 370 g/mol. The van der Waals surface area contributed by atoms with E-state index in [0.717, 1.165) is 6.42 Å². The summed E-state index contributed by atoms with van der Waals surface area (Å²) in [4.78, 5) is 11.0. The average Bonchev–Trinajstić information content (AvgIpc) is 3.07. The Morgan fingerprint density at radius 3 is 2.70 bits per heavy atom. The molecule has 146 valence electrons. The highest BCUT2D eigenvalue weighted by Crippen LogP contribution is 2.38. The van der Waals surface area contributed by atoms with Gasteiger partial charge in [0.25, 0.3) is 0 Å². The van der Waals surface area contributed by atoms with Crippen LogP contribution in [0.2, 0.25) is 0 Å². The Morgan fingerprint density at radius 1 is 1.41 bits per heavy atom. The predicted octanol–water partition coefficient (Wildman–Crippen LogP) is 3.71. The molecule has 0 aliphatic heterocycles. The van der Waals surface area contributed by atoms with E-state index in [1.165, 1.54) is 31.2 Å². The van der Waals surface area contributed by atoms with E-state index in [1.807, 2.05) is 27.0 Å². The molecule has 9 nitrogen and oxygen atoms in total. The van der Waals surface area contributed by atoms with Crippen LogP contribution < -0.4 is 9.47 Å². The highest BCUT2D eigenvalue weighted by molar-refractivity contribution is 7.98. The van der Waals surface area contributed by atoms with E-state index in [1.54, 1.807) is 10.7 Å². The Hall–Kier alpha value is -2.62. The smallest absolute Gasteiger partial charge is 0.315 e. The molecule has 0 aliphatic rings. The van der Waals surface area contributed by atoms with Crippen molar-refractivity contribution in [1.29, 1.82) is 0 Å². The number of hydrogen-bond acceptors (Lipinski definition) is 8. The lowest BCUT2D eigenvalue weighted by Gasteiger charge is -2.11. The molecule has 0 saturated carbocycles. The topological polar surface area (TPSA) is 105 Å². The third-order valence-corrected chi connectivity index (χ3v) is 4.20. The van der Waals surface area contributed by atoms with Gasteiger partial charge in [0.1, 0.15) is 0 Å². The van der Waals surface area contributed by atoms with Crippen LogP contribution >= 0.6 is 11.8 Å². The van der Waals surface area contributed by atoms with Crippen LogP contribution in [0, 0.1) is 10.1 Å². The van der Waals surface area contributed by atoms with Crippen molar-refractivity contribution in [2.24, 2.45) is 5.10 Å². The molecular formula is C17H23N5O4S. The summed E-state index contributed by atoms with van der Waals surface area (Å²) in [5, 5.41) is 24.8. The van der Waals surface area contributed by atoms with E-state index >= 15 is 0 Å². The van der Waals surface area contributed by atoms with Crippen molar-refractivity contribution in [1.82, 2.24) is 14.9 Å². The molecule has 1 aromatic carbocycles. The van der Waals surface area contributed by atoms with Crippen molar-refractivity contribution in [3.8, 4) is 11.5 Å². The third kappa shape index (κ3) is 4.76. The van der Waals surface area contributed by atoms with E-state index < -0.39 is 4.92 Å². The summed E-state index contributed by atoms with van der Waals surface area (Å²) in [6.07, 6.45) is 4.13. The SMILES string of the molecule is CCCOc1c(OC)cc(/C=N\n2c(SC)nnc2C(C)C)cc1[N+](=O)[O-]. The lowest BCUT2D eigenvalue weighted by molar-refractivity contribution is -0.386. The first-order chi connectivity index (χ1) is 12.9. The van der Waals surface area contributed by atoms with Gasteiger partial charge in [-0.15, -0.1) is 10.2 Å². The van der Waals surface area contributed by atoms with Crippen molar-refractivity contribution >= 4 is 23.7 Å². The average molecular weight is 393 g/mol. The number of nitro benzene ring substituents is 1. The maximum absolute atomic E-state index is 11.5. The largest absolute Gasteiger partial charge is 0.493 e. The van der Waals surface area contributed by atoms with Crippen molar-refractivity contribution in [2.45, 2.75) is 38.3 Å². The van der Waals surface area contributed by atoms with Crippen LogP contribution in [0.4, 0.5) is 5.69 Å². The number of hydrogen-bond donors (Lipinski definition) is 0. The molecule has 0 bridgehead atoms. The van der Waals surface area contributed by atoms with Gasteiger partial charge in [0.05, 0.1) is 24.9 Å². The molecule has 0 saturated heterocycles. The van der Waals surface area contributed by atoms with Gasteiger partial charge in [0.2, 0.25) is 10.9 Å². The summed E-state index contributed by atoms with van der Waals surface area (Å²) in [6.45, 7) is 6.27. The molecule has 0 radical (unpaired) electrons. The first-order valence-electron chi connectivity index (χ1n) is 8.45. The van der Waals surface area contributed by atoms with Crippen LogP contribution in [0.15, 0.2) is 22.4 Å². The second kappa shape index (κ2) is 9.36. The van der Waals surface area contributed by atoms with Crippen molar-refractivity contribution in [2.75, 3.05) is 20.0 Å². The minimum atomic E-state index is -0.490. The van der Waals surface area contributed by atoms with Gasteiger partial charge in [-0.1, -0.05) is 32.5 Å². The number of nitro groups is 1. The zero-order chi connectivity index (χ0) is 20.0. The fraction of sp³-hybridized carbons (Fsp3) is 0.471. The molecule has 0 atom stereocenters. The Bertz CT molecular complexity index is 835. The molecule has 2 aromatic rings. The maximum Gasteiger partial charge on any atom is 0.315 e. The Labute approximate surface area is 161 Å². The lowest BCUT2D eigenvalue weighted by Crippen LogP contribution is -2.04. The monoisotopic (exact) mass is 393 g/mol. The summed E-state index contributed by atoms with van der Waals surface area (Å²) in [7, 11) is 1.45. The zero-order valence-electron chi connectivity index (χ0n) is 16.0. The second-order valence-electron chi connectivity index (χ2n) is 5.93. The van der Waals surface area contributed by atoms with Gasteiger partial charge in [-0.25, -0.2) is 0 Å². The minimum Gasteiger partial charge on any atom is -0.493 e. The number of methoxy groups -OCH3 is 1. The summed E-state index contributed by atoms with van der Waals surface area (Å²) >= 11 is 1.42. The zero-order valence-corrected chi connectivity index (χ0v) is 16.8. The molecule has 0 amide bonds. The Morgan fingerprint density at radius 2 is 2.15 bits per heavy atom. The van der Waals surface area contributed by atoms with Gasteiger partial charge >= 0.3 is 5.69 Å². The fourth-order valence-electron chi connectivity index (χ4n) is 2.32. The number of rotatable bonds is 9. The third-order valence-electron chi connectivity index (χ3n) is 3.58. The van der Waals surface area contributed by atoms with Crippen LogP contribution in [0.25, 0.3) is 0 Å². The standard InChI is InChI=1S/C17H23N5O4S/c1-6-7-26-15-13(22(23)24)8-12(9-14(15)25-4)10-18-21-16(11(2)3)19-20-17(21)27-5/h8-11H,6-7H2,1-5H3/b18-10-. The number of thioether (sulfide) groups is 1. The van der Waals surface area contributed by atoms with Crippen LogP contribution in [-0.2, 0) is 0 Å². The van der Waals surface area contributed by atoms with Crippen LogP contribution in [0.3, 0.4) is 0 Å². The molecule has 1 heterocycles. The summed E-state index contributed by atoms with van der Waals surface area (Å²) in [6, 6.07) is 3.06. The number of aromatic nitrogens is 3. The minimum absolute atomic E-state index is 0.124. The van der Waals surface area contributed by atoms with Gasteiger partial charge in [0.15, 0.2) is 11.6 Å². The quantitative estimate of drug-likeness (QED) is 0.277. The first kappa shape index (κ1) is 20.7. The number of benzene rings is 1. The summed E-state index contributed by atoms with van der Waals surface area (Å²) in [5.41, 5.74) is 0.347. The van der Waals surface area contributed by atoms with Gasteiger partial charge in [-0.2, -0.15) is 9.78 Å². The van der Waals surface area contributed by atoms with Crippen LogP contribution in [-0.4, -0.2) is 46.0 Å². The summed E-state index contributed by atoms with van der Waals surface area (Å²) < 4.78 is 12.4. The normalized spacial score (nSPS) is 11.3. The molecule has 0 spiro atoms. The number of nitrogens with zero attached hydrogens (tertiary/aromatic N) is 5.